The first-order valence-electron chi connectivity index (χ1n) is 3.37. The molecule has 0 aromatic heterocycles. The highest BCUT2D eigenvalue weighted by Crippen LogP contribution is 2.40. The quantitative estimate of drug-likeness (QED) is 0.767. The number of ether oxygens (including phenoxy) is 2. The Hall–Kier alpha value is -0.480. The van der Waals surface area contributed by atoms with Crippen LogP contribution in [0.4, 0.5) is 4.39 Å². The molecule has 1 aromatic carbocycles. The maximum Gasteiger partial charge on any atom is 0.199 e. The van der Waals surface area contributed by atoms with Gasteiger partial charge in [0, 0.05) is 0 Å². The molecule has 0 N–H and O–H groups in total. The molecule has 0 radical (unpaired) electrons. The average molecular weight is 269 g/mol. The summed E-state index contributed by atoms with van der Waals surface area (Å²) in [6.45, 7) is 0. The van der Waals surface area contributed by atoms with Crippen LogP contribution in [0.25, 0.3) is 0 Å². The fourth-order valence-electron chi connectivity index (χ4n) is 0.929. The van der Waals surface area contributed by atoms with Crippen molar-refractivity contribution in [2.24, 2.45) is 0 Å². The average Bonchev–Trinajstić information content (AvgIpc) is 2.10. The van der Waals surface area contributed by atoms with Gasteiger partial charge in [0.05, 0.1) is 23.7 Å². The van der Waals surface area contributed by atoms with E-state index in [1.54, 1.807) is 0 Å². The molecule has 0 atom stereocenters. The molecule has 1 rings (SSSR count). The second-order valence-electron chi connectivity index (χ2n) is 2.22. The van der Waals surface area contributed by atoms with Crippen molar-refractivity contribution in [3.05, 3.63) is 21.4 Å². The molecule has 0 aliphatic rings. The minimum absolute atomic E-state index is 0.00174. The Kier molecular flexibility index (Phi) is 3.39. The standard InChI is InChI=1S/C8H7BrClFO2/c1-12-7-4(9)3-5(10)6(11)8(7)13-2/h3H,1-2H3. The van der Waals surface area contributed by atoms with Crippen LogP contribution in [0.15, 0.2) is 10.5 Å². The Morgan fingerprint density at radius 2 is 1.85 bits per heavy atom. The molecule has 0 amide bonds. The van der Waals surface area contributed by atoms with Crippen LogP contribution in [0, 0.1) is 5.82 Å². The predicted octanol–water partition coefficient (Wildman–Crippen LogP) is 3.26. The van der Waals surface area contributed by atoms with Crippen LogP contribution < -0.4 is 9.47 Å². The lowest BCUT2D eigenvalue weighted by Gasteiger charge is -2.10. The van der Waals surface area contributed by atoms with E-state index in [0.717, 1.165) is 0 Å². The maximum absolute atomic E-state index is 13.3. The summed E-state index contributed by atoms with van der Waals surface area (Å²) in [7, 11) is 2.78. The second kappa shape index (κ2) is 4.15. The molecule has 0 spiro atoms. The van der Waals surface area contributed by atoms with E-state index in [4.69, 9.17) is 21.1 Å². The normalized spacial score (nSPS) is 9.92. The predicted molar refractivity (Wildman–Crippen MR) is 52.2 cm³/mol. The van der Waals surface area contributed by atoms with Crippen molar-refractivity contribution in [2.45, 2.75) is 0 Å². The Bertz CT molecular complexity index is 330. The zero-order valence-electron chi connectivity index (χ0n) is 7.03. The molecule has 0 aliphatic carbocycles. The van der Waals surface area contributed by atoms with E-state index < -0.39 is 5.82 Å². The molecule has 5 heteroatoms. The van der Waals surface area contributed by atoms with Gasteiger partial charge in [0.15, 0.2) is 17.3 Å². The summed E-state index contributed by atoms with van der Waals surface area (Å²) in [4.78, 5) is 0. The van der Waals surface area contributed by atoms with Crippen LogP contribution in [0.5, 0.6) is 11.5 Å². The van der Waals surface area contributed by atoms with Crippen LogP contribution in [0.1, 0.15) is 0 Å². The fraction of sp³-hybridized carbons (Fsp3) is 0.250. The third kappa shape index (κ3) is 1.89. The van der Waals surface area contributed by atoms with Crippen LogP contribution in [-0.4, -0.2) is 14.2 Å². The van der Waals surface area contributed by atoms with Crippen molar-refractivity contribution in [3.8, 4) is 11.5 Å². The maximum atomic E-state index is 13.3. The van der Waals surface area contributed by atoms with Crippen molar-refractivity contribution in [1.29, 1.82) is 0 Å². The van der Waals surface area contributed by atoms with Crippen LogP contribution in [0.3, 0.4) is 0 Å². The Balaban J connectivity index is 3.41. The number of halogens is 3. The second-order valence-corrected chi connectivity index (χ2v) is 3.48. The van der Waals surface area contributed by atoms with E-state index in [1.165, 1.54) is 20.3 Å². The van der Waals surface area contributed by atoms with Crippen molar-refractivity contribution in [1.82, 2.24) is 0 Å². The molecule has 0 saturated heterocycles. The van der Waals surface area contributed by atoms with Gasteiger partial charge in [-0.15, -0.1) is 0 Å². The molecular formula is C8H7BrClFO2. The number of hydrogen-bond acceptors (Lipinski definition) is 2. The molecule has 72 valence electrons. The summed E-state index contributed by atoms with van der Waals surface area (Å²) in [5.41, 5.74) is 0. The van der Waals surface area contributed by atoms with Crippen LogP contribution in [0.2, 0.25) is 5.02 Å². The lowest BCUT2D eigenvalue weighted by molar-refractivity contribution is 0.336. The Morgan fingerprint density at radius 3 is 2.31 bits per heavy atom. The Morgan fingerprint density at radius 1 is 1.31 bits per heavy atom. The SMILES string of the molecule is COc1c(Br)cc(Cl)c(F)c1OC. The highest BCUT2D eigenvalue weighted by Gasteiger charge is 2.17. The van der Waals surface area contributed by atoms with Gasteiger partial charge in [-0.2, -0.15) is 0 Å². The first-order valence-corrected chi connectivity index (χ1v) is 4.54. The van der Waals surface area contributed by atoms with Crippen molar-refractivity contribution in [3.63, 3.8) is 0 Å². The lowest BCUT2D eigenvalue weighted by Crippen LogP contribution is -1.95. The molecule has 1 aromatic rings. The van der Waals surface area contributed by atoms with Gasteiger partial charge < -0.3 is 9.47 Å². The number of benzene rings is 1. The van der Waals surface area contributed by atoms with Crippen LogP contribution in [-0.2, 0) is 0 Å². The summed E-state index contributed by atoms with van der Waals surface area (Å²) >= 11 is 8.76. The van der Waals surface area contributed by atoms with E-state index in [-0.39, 0.29) is 10.8 Å². The van der Waals surface area contributed by atoms with Crippen LogP contribution >= 0.6 is 27.5 Å². The van der Waals surface area contributed by atoms with E-state index in [0.29, 0.717) is 10.2 Å². The van der Waals surface area contributed by atoms with E-state index in [2.05, 4.69) is 15.9 Å². The molecule has 0 fully saturated rings. The highest BCUT2D eigenvalue weighted by atomic mass is 79.9. The van der Waals surface area contributed by atoms with Crippen molar-refractivity contribution >= 4 is 27.5 Å². The monoisotopic (exact) mass is 268 g/mol. The molecule has 0 saturated carbocycles. The zero-order chi connectivity index (χ0) is 10.0. The summed E-state index contributed by atoms with van der Waals surface area (Å²) in [5, 5.41) is -0.00970. The van der Waals surface area contributed by atoms with E-state index in [9.17, 15) is 4.39 Å². The van der Waals surface area contributed by atoms with Gasteiger partial charge in [-0.25, -0.2) is 4.39 Å². The summed E-state index contributed by atoms with van der Waals surface area (Å²) in [6, 6.07) is 1.41. The smallest absolute Gasteiger partial charge is 0.199 e. The molecule has 2 nitrogen and oxygen atoms in total. The minimum atomic E-state index is -0.621. The fourth-order valence-corrected chi connectivity index (χ4v) is 1.83. The first-order chi connectivity index (χ1) is 6.11. The largest absolute Gasteiger partial charge is 0.492 e. The van der Waals surface area contributed by atoms with E-state index in [1.807, 2.05) is 0 Å². The summed E-state index contributed by atoms with van der Waals surface area (Å²) in [5.74, 6) is -0.324. The molecule has 0 bridgehead atoms. The number of methoxy groups -OCH3 is 2. The summed E-state index contributed by atoms with van der Waals surface area (Å²) in [6.07, 6.45) is 0. The minimum Gasteiger partial charge on any atom is -0.492 e. The third-order valence-electron chi connectivity index (χ3n) is 1.49. The highest BCUT2D eigenvalue weighted by molar-refractivity contribution is 9.10. The lowest BCUT2D eigenvalue weighted by atomic mass is 10.3. The third-order valence-corrected chi connectivity index (χ3v) is 2.36. The van der Waals surface area contributed by atoms with Gasteiger partial charge in [0.1, 0.15) is 0 Å². The first kappa shape index (κ1) is 10.6. The molecule has 0 heterocycles. The zero-order valence-corrected chi connectivity index (χ0v) is 9.37. The molecule has 13 heavy (non-hydrogen) atoms. The van der Waals surface area contributed by atoms with E-state index >= 15 is 0 Å². The van der Waals surface area contributed by atoms with Gasteiger partial charge in [-0.3, -0.25) is 0 Å². The molecule has 0 aliphatic heterocycles. The van der Waals surface area contributed by atoms with Gasteiger partial charge in [0.2, 0.25) is 0 Å². The van der Waals surface area contributed by atoms with Crippen molar-refractivity contribution in [2.75, 3.05) is 14.2 Å². The molecular weight excluding hydrogens is 262 g/mol. The van der Waals surface area contributed by atoms with Gasteiger partial charge >= 0.3 is 0 Å². The number of hydrogen-bond donors (Lipinski definition) is 0. The van der Waals surface area contributed by atoms with Gasteiger partial charge in [0.25, 0.3) is 0 Å². The molecule has 0 unspecified atom stereocenters. The summed E-state index contributed by atoms with van der Waals surface area (Å²) < 4.78 is 23.6. The van der Waals surface area contributed by atoms with Gasteiger partial charge in [-0.1, -0.05) is 11.6 Å². The van der Waals surface area contributed by atoms with Crippen molar-refractivity contribution < 1.29 is 13.9 Å². The number of rotatable bonds is 2. The topological polar surface area (TPSA) is 18.5 Å². The van der Waals surface area contributed by atoms with Gasteiger partial charge in [-0.05, 0) is 22.0 Å². The Labute approximate surface area is 88.7 Å².